The van der Waals surface area contributed by atoms with Crippen molar-refractivity contribution in [3.8, 4) is 0 Å². The Morgan fingerprint density at radius 1 is 1.20 bits per heavy atom. The minimum Gasteiger partial charge on any atom is -0.468 e. The van der Waals surface area contributed by atoms with E-state index in [0.29, 0.717) is 0 Å². The van der Waals surface area contributed by atoms with Crippen LogP contribution < -0.4 is 0 Å². The van der Waals surface area contributed by atoms with Gasteiger partial charge in [0, 0.05) is 12.3 Å². The van der Waals surface area contributed by atoms with E-state index < -0.39 is 22.9 Å². The van der Waals surface area contributed by atoms with Crippen molar-refractivity contribution in [2.75, 3.05) is 14.2 Å². The van der Waals surface area contributed by atoms with Crippen molar-refractivity contribution in [3.63, 3.8) is 0 Å². The molecule has 5 nitrogen and oxygen atoms in total. The number of esters is 2. The van der Waals surface area contributed by atoms with Crippen LogP contribution in [0, 0.1) is 11.3 Å². The molecule has 2 aliphatic rings. The molecular formula is C20H21NO4. The number of aliphatic imine (C=N–C) groups is 1. The average molecular weight is 339 g/mol. The molecular weight excluding hydrogens is 318 g/mol. The summed E-state index contributed by atoms with van der Waals surface area (Å²) < 4.78 is 9.84. The lowest BCUT2D eigenvalue weighted by Crippen LogP contribution is -2.40. The van der Waals surface area contributed by atoms with Crippen molar-refractivity contribution in [1.82, 2.24) is 0 Å². The van der Waals surface area contributed by atoms with Crippen LogP contribution in [0.3, 0.4) is 0 Å². The Kier molecular flexibility index (Phi) is 4.33. The molecule has 0 N–H and O–H groups in total. The normalized spacial score (nSPS) is 26.3. The Morgan fingerprint density at radius 3 is 2.40 bits per heavy atom. The Hall–Kier alpha value is -2.69. The molecule has 25 heavy (non-hydrogen) atoms. The molecule has 0 unspecified atom stereocenters. The van der Waals surface area contributed by atoms with Gasteiger partial charge in [-0.25, -0.2) is 0 Å². The van der Waals surface area contributed by atoms with Crippen LogP contribution in [0.5, 0.6) is 0 Å². The van der Waals surface area contributed by atoms with E-state index in [1.165, 1.54) is 14.2 Å². The molecule has 1 aromatic rings. The summed E-state index contributed by atoms with van der Waals surface area (Å²) in [6, 6.07) is 9.80. The zero-order chi connectivity index (χ0) is 18.1. The van der Waals surface area contributed by atoms with Crippen molar-refractivity contribution >= 4 is 17.7 Å². The number of benzene rings is 1. The first-order chi connectivity index (χ1) is 12.0. The van der Waals surface area contributed by atoms with Crippen molar-refractivity contribution < 1.29 is 19.1 Å². The summed E-state index contributed by atoms with van der Waals surface area (Å²) in [5.41, 5.74) is -0.220. The maximum Gasteiger partial charge on any atom is 0.323 e. The highest BCUT2D eigenvalue weighted by Gasteiger charge is 2.62. The largest absolute Gasteiger partial charge is 0.468 e. The fourth-order valence-corrected chi connectivity index (χ4v) is 3.91. The van der Waals surface area contributed by atoms with Crippen LogP contribution >= 0.6 is 0 Å². The van der Waals surface area contributed by atoms with Gasteiger partial charge in [0.1, 0.15) is 0 Å². The van der Waals surface area contributed by atoms with Gasteiger partial charge in [-0.3, -0.25) is 14.6 Å². The molecule has 1 saturated carbocycles. The number of allylic oxidation sites excluding steroid dienone is 1. The molecule has 1 spiro atoms. The molecule has 1 aliphatic heterocycles. The number of ether oxygens (including phenoxy) is 2. The standard InChI is InChI=1S/C20H21NO4/c1-4-15-12-19(17(22)24-2,18(23)25-3)13-20(15)11-10-16(21-20)14-8-6-5-7-9-14/h4-11,15H,1,12-13H2,2-3H3/t15-,20+/m0/s1. The Labute approximate surface area is 147 Å². The first-order valence-corrected chi connectivity index (χ1v) is 8.15. The van der Waals surface area contributed by atoms with E-state index >= 15 is 0 Å². The minimum atomic E-state index is -1.36. The second-order valence-corrected chi connectivity index (χ2v) is 6.48. The number of methoxy groups -OCH3 is 2. The molecule has 0 bridgehead atoms. The van der Waals surface area contributed by atoms with Crippen LogP contribution in [0.4, 0.5) is 0 Å². The molecule has 0 aromatic heterocycles. The number of hydrogen-bond acceptors (Lipinski definition) is 5. The van der Waals surface area contributed by atoms with Crippen molar-refractivity contribution in [2.24, 2.45) is 16.3 Å². The van der Waals surface area contributed by atoms with E-state index in [1.54, 1.807) is 6.08 Å². The molecule has 1 heterocycles. The van der Waals surface area contributed by atoms with Crippen LogP contribution in [0.15, 0.2) is 60.1 Å². The van der Waals surface area contributed by atoms with Gasteiger partial charge >= 0.3 is 11.9 Å². The number of hydrogen-bond donors (Lipinski definition) is 0. The first-order valence-electron chi connectivity index (χ1n) is 8.15. The average Bonchev–Trinajstić information content (AvgIpc) is 3.23. The molecule has 0 amide bonds. The summed E-state index contributed by atoms with van der Waals surface area (Å²) in [6.07, 6.45) is 6.15. The van der Waals surface area contributed by atoms with Gasteiger partial charge in [0.2, 0.25) is 0 Å². The van der Waals surface area contributed by atoms with E-state index in [4.69, 9.17) is 14.5 Å². The van der Waals surface area contributed by atoms with Gasteiger partial charge in [0.15, 0.2) is 5.41 Å². The van der Waals surface area contributed by atoms with E-state index in [-0.39, 0.29) is 18.8 Å². The van der Waals surface area contributed by atoms with Gasteiger partial charge in [0.25, 0.3) is 0 Å². The van der Waals surface area contributed by atoms with E-state index in [0.717, 1.165) is 11.3 Å². The predicted octanol–water partition coefficient (Wildman–Crippen LogP) is 2.71. The maximum absolute atomic E-state index is 12.5. The van der Waals surface area contributed by atoms with Crippen LogP contribution in [0.1, 0.15) is 18.4 Å². The second kappa shape index (κ2) is 6.31. The number of nitrogens with zero attached hydrogens (tertiary/aromatic N) is 1. The van der Waals surface area contributed by atoms with Crippen LogP contribution in [0.2, 0.25) is 0 Å². The number of carbonyl (C=O) groups excluding carboxylic acids is 2. The fraction of sp³-hybridized carbons (Fsp3) is 0.350. The number of carbonyl (C=O) groups is 2. The molecule has 0 radical (unpaired) electrons. The molecule has 3 rings (SSSR count). The van der Waals surface area contributed by atoms with Gasteiger partial charge < -0.3 is 9.47 Å². The van der Waals surface area contributed by atoms with Gasteiger partial charge in [-0.15, -0.1) is 6.58 Å². The van der Waals surface area contributed by atoms with Gasteiger partial charge in [-0.05, 0) is 18.1 Å². The monoisotopic (exact) mass is 339 g/mol. The van der Waals surface area contributed by atoms with Crippen LogP contribution in [0.25, 0.3) is 0 Å². The smallest absolute Gasteiger partial charge is 0.323 e. The Bertz CT molecular complexity index is 749. The van der Waals surface area contributed by atoms with E-state index in [1.807, 2.05) is 42.5 Å². The topological polar surface area (TPSA) is 65.0 Å². The third-order valence-electron chi connectivity index (χ3n) is 5.16. The van der Waals surface area contributed by atoms with Crippen molar-refractivity contribution in [1.29, 1.82) is 0 Å². The van der Waals surface area contributed by atoms with Gasteiger partial charge in [0.05, 0.1) is 25.5 Å². The lowest BCUT2D eigenvalue weighted by molar-refractivity contribution is -0.169. The third kappa shape index (κ3) is 2.60. The second-order valence-electron chi connectivity index (χ2n) is 6.48. The van der Waals surface area contributed by atoms with E-state index in [2.05, 4.69) is 6.58 Å². The molecule has 5 heteroatoms. The molecule has 1 fully saturated rings. The van der Waals surface area contributed by atoms with E-state index in [9.17, 15) is 9.59 Å². The molecule has 1 aliphatic carbocycles. The predicted molar refractivity (Wildman–Crippen MR) is 94.2 cm³/mol. The fourth-order valence-electron chi connectivity index (χ4n) is 3.91. The van der Waals surface area contributed by atoms with Crippen molar-refractivity contribution in [2.45, 2.75) is 18.4 Å². The van der Waals surface area contributed by atoms with Crippen molar-refractivity contribution in [3.05, 3.63) is 60.7 Å². The zero-order valence-corrected chi connectivity index (χ0v) is 14.4. The maximum atomic E-state index is 12.5. The highest BCUT2D eigenvalue weighted by Crippen LogP contribution is 2.54. The summed E-state index contributed by atoms with van der Waals surface area (Å²) in [7, 11) is 2.56. The van der Waals surface area contributed by atoms with Gasteiger partial charge in [-0.2, -0.15) is 0 Å². The molecule has 1 aromatic carbocycles. The lowest BCUT2D eigenvalue weighted by Gasteiger charge is -2.25. The lowest BCUT2D eigenvalue weighted by atomic mass is 9.83. The van der Waals surface area contributed by atoms with Gasteiger partial charge in [-0.1, -0.05) is 42.5 Å². The first kappa shape index (κ1) is 17.1. The Balaban J connectivity index is 2.04. The third-order valence-corrected chi connectivity index (χ3v) is 5.16. The molecule has 130 valence electrons. The highest BCUT2D eigenvalue weighted by molar-refractivity contribution is 6.11. The summed E-state index contributed by atoms with van der Waals surface area (Å²) in [5, 5.41) is 0. The molecule has 2 atom stereocenters. The Morgan fingerprint density at radius 2 is 1.84 bits per heavy atom. The quantitative estimate of drug-likeness (QED) is 0.481. The summed E-state index contributed by atoms with van der Waals surface area (Å²) >= 11 is 0. The number of rotatable bonds is 4. The summed E-state index contributed by atoms with van der Waals surface area (Å²) in [5.74, 6) is -1.33. The summed E-state index contributed by atoms with van der Waals surface area (Å²) in [6.45, 7) is 3.89. The summed E-state index contributed by atoms with van der Waals surface area (Å²) in [4.78, 5) is 29.8. The minimum absolute atomic E-state index is 0.164. The van der Waals surface area contributed by atoms with Crippen LogP contribution in [-0.4, -0.2) is 37.4 Å². The van der Waals surface area contributed by atoms with Crippen LogP contribution in [-0.2, 0) is 19.1 Å². The molecule has 0 saturated heterocycles. The highest BCUT2D eigenvalue weighted by atomic mass is 16.5. The SMILES string of the molecule is C=C[C@H]1CC(C(=O)OC)(C(=O)OC)C[C@]12C=CC(c1ccccc1)=N2. The zero-order valence-electron chi connectivity index (χ0n) is 14.4.